The molecule has 1 heterocycles. The largest absolute Gasteiger partial charge is 0.454 e. The lowest BCUT2D eigenvalue weighted by Crippen LogP contribution is -2.48. The zero-order chi connectivity index (χ0) is 26.1. The van der Waals surface area contributed by atoms with Gasteiger partial charge < -0.3 is 15.4 Å². The Bertz CT molecular complexity index is 1200. The molecule has 0 aromatic heterocycles. The lowest BCUT2D eigenvalue weighted by Gasteiger charge is -2.26. The Labute approximate surface area is 214 Å². The zero-order valence-corrected chi connectivity index (χ0v) is 20.5. The van der Waals surface area contributed by atoms with E-state index in [-0.39, 0.29) is 47.8 Å². The van der Waals surface area contributed by atoms with E-state index >= 15 is 0 Å². The lowest BCUT2D eigenvalue weighted by atomic mass is 9.81. The van der Waals surface area contributed by atoms with Gasteiger partial charge in [-0.2, -0.15) is 0 Å². The van der Waals surface area contributed by atoms with Crippen LogP contribution in [0.4, 0.5) is 11.4 Å². The maximum absolute atomic E-state index is 13.4. The van der Waals surface area contributed by atoms with Gasteiger partial charge in [0.05, 0.1) is 11.8 Å². The van der Waals surface area contributed by atoms with Crippen molar-refractivity contribution in [3.8, 4) is 0 Å². The number of nitrogens with zero attached hydrogens (tertiary/aromatic N) is 1. The van der Waals surface area contributed by atoms with Crippen molar-refractivity contribution in [3.05, 3.63) is 60.2 Å². The molecule has 0 spiro atoms. The van der Waals surface area contributed by atoms with Gasteiger partial charge in [0.15, 0.2) is 6.61 Å². The number of esters is 1. The first-order chi connectivity index (χ1) is 17.8. The number of benzene rings is 2. The van der Waals surface area contributed by atoms with Crippen molar-refractivity contribution in [1.82, 2.24) is 4.90 Å². The summed E-state index contributed by atoms with van der Waals surface area (Å²) >= 11 is 0. The lowest BCUT2D eigenvalue weighted by molar-refractivity contribution is -0.160. The van der Waals surface area contributed by atoms with E-state index in [0.29, 0.717) is 11.4 Å². The first-order valence-corrected chi connectivity index (χ1v) is 12.6. The van der Waals surface area contributed by atoms with Gasteiger partial charge in [-0.15, -0.1) is 0 Å². The van der Waals surface area contributed by atoms with Gasteiger partial charge in [0.1, 0.15) is 6.04 Å². The summed E-state index contributed by atoms with van der Waals surface area (Å²) in [5.41, 5.74) is 1.83. The van der Waals surface area contributed by atoms with Crippen LogP contribution in [0.15, 0.2) is 54.6 Å². The van der Waals surface area contributed by atoms with Crippen molar-refractivity contribution in [2.45, 2.75) is 38.6 Å². The predicted octanol–water partition coefficient (Wildman–Crippen LogP) is 2.77. The van der Waals surface area contributed by atoms with Crippen molar-refractivity contribution >= 4 is 41.0 Å². The molecule has 5 atom stereocenters. The van der Waals surface area contributed by atoms with Crippen LogP contribution in [0, 0.1) is 23.7 Å². The molecular formula is C28H29N3O6. The Morgan fingerprint density at radius 1 is 0.892 bits per heavy atom. The van der Waals surface area contributed by atoms with E-state index in [0.717, 1.165) is 29.7 Å². The molecule has 1 aliphatic heterocycles. The summed E-state index contributed by atoms with van der Waals surface area (Å²) in [7, 11) is 0. The first-order valence-electron chi connectivity index (χ1n) is 12.6. The van der Waals surface area contributed by atoms with Gasteiger partial charge in [-0.05, 0) is 60.9 Å². The van der Waals surface area contributed by atoms with Gasteiger partial charge in [-0.25, -0.2) is 4.79 Å². The van der Waals surface area contributed by atoms with Crippen LogP contribution in [0.25, 0.3) is 0 Å². The third-order valence-electron chi connectivity index (χ3n) is 7.65. The Hall–Kier alpha value is -4.01. The van der Waals surface area contributed by atoms with Gasteiger partial charge >= 0.3 is 5.97 Å². The molecule has 2 saturated carbocycles. The number of hydrogen-bond donors (Lipinski definition) is 2. The highest BCUT2D eigenvalue weighted by Gasteiger charge is 2.62. The van der Waals surface area contributed by atoms with E-state index in [4.69, 9.17) is 4.74 Å². The minimum Gasteiger partial charge on any atom is -0.454 e. The predicted molar refractivity (Wildman–Crippen MR) is 134 cm³/mol. The topological polar surface area (TPSA) is 122 Å². The van der Waals surface area contributed by atoms with E-state index in [9.17, 15) is 24.0 Å². The Morgan fingerprint density at radius 2 is 1.46 bits per heavy atom. The Balaban J connectivity index is 1.26. The summed E-state index contributed by atoms with van der Waals surface area (Å²) in [6.07, 6.45) is 2.91. The molecule has 3 aliphatic rings. The van der Waals surface area contributed by atoms with Crippen LogP contribution in [0.5, 0.6) is 0 Å². The van der Waals surface area contributed by atoms with Gasteiger partial charge in [0, 0.05) is 24.7 Å². The maximum Gasteiger partial charge on any atom is 0.330 e. The molecule has 5 rings (SSSR count). The number of imide groups is 1. The van der Waals surface area contributed by atoms with Crippen LogP contribution in [-0.2, 0) is 35.1 Å². The van der Waals surface area contributed by atoms with Crippen molar-refractivity contribution in [2.75, 3.05) is 17.2 Å². The molecule has 2 aromatic carbocycles. The van der Waals surface area contributed by atoms with Crippen molar-refractivity contribution in [3.63, 3.8) is 0 Å². The summed E-state index contributed by atoms with van der Waals surface area (Å²) in [6.45, 7) is 0.834. The molecule has 37 heavy (non-hydrogen) atoms. The second-order valence-corrected chi connectivity index (χ2v) is 10.1. The van der Waals surface area contributed by atoms with Crippen molar-refractivity contribution < 1.29 is 28.7 Å². The van der Waals surface area contributed by atoms with E-state index in [1.54, 1.807) is 24.3 Å². The van der Waals surface area contributed by atoms with Crippen LogP contribution < -0.4 is 10.6 Å². The Kier molecular flexibility index (Phi) is 6.78. The van der Waals surface area contributed by atoms with Crippen LogP contribution in [0.2, 0.25) is 0 Å². The summed E-state index contributed by atoms with van der Waals surface area (Å²) in [5, 5.41) is 5.26. The smallest absolute Gasteiger partial charge is 0.330 e. The van der Waals surface area contributed by atoms with Gasteiger partial charge in [-0.1, -0.05) is 30.3 Å². The second kappa shape index (κ2) is 10.2. The monoisotopic (exact) mass is 503 g/mol. The molecule has 1 saturated heterocycles. The van der Waals surface area contributed by atoms with Crippen LogP contribution >= 0.6 is 0 Å². The highest BCUT2D eigenvalue weighted by Crippen LogP contribution is 2.56. The fourth-order valence-corrected chi connectivity index (χ4v) is 6.13. The molecule has 9 heteroatoms. The quantitative estimate of drug-likeness (QED) is 0.422. The number of likely N-dealkylation sites (tertiary alicyclic amines) is 1. The maximum atomic E-state index is 13.4. The summed E-state index contributed by atoms with van der Waals surface area (Å²) in [5.74, 6) is -2.42. The molecule has 0 unspecified atom stereocenters. The summed E-state index contributed by atoms with van der Waals surface area (Å²) < 4.78 is 5.33. The molecule has 2 bridgehead atoms. The average molecular weight is 504 g/mol. The highest BCUT2D eigenvalue weighted by atomic mass is 16.5. The van der Waals surface area contributed by atoms with Gasteiger partial charge in [0.2, 0.25) is 17.7 Å². The zero-order valence-electron chi connectivity index (χ0n) is 20.5. The van der Waals surface area contributed by atoms with E-state index < -0.39 is 24.5 Å². The third-order valence-corrected chi connectivity index (χ3v) is 7.65. The van der Waals surface area contributed by atoms with Crippen LogP contribution in [0.1, 0.15) is 31.7 Å². The Morgan fingerprint density at radius 3 is 2.03 bits per heavy atom. The molecule has 3 fully saturated rings. The van der Waals surface area contributed by atoms with Crippen molar-refractivity contribution in [1.29, 1.82) is 0 Å². The highest BCUT2D eigenvalue weighted by molar-refractivity contribution is 6.08. The molecule has 192 valence electrons. The summed E-state index contributed by atoms with van der Waals surface area (Å²) in [4.78, 5) is 64.7. The fraction of sp³-hybridized carbons (Fsp3) is 0.393. The standard InChI is InChI=1S/C28H29N3O6/c1-16(32)29-20-9-11-21(12-10-20)30-23(33)15-37-28(36)22(13-17-5-3-2-4-6-17)31-26(34)24-18-7-8-19(14-18)25(24)27(31)35/h2-6,9-12,18-19,22,24-25H,7-8,13-15H2,1H3,(H,29,32)(H,30,33)/t18-,19-,22-,24-,25+/m0/s1. The number of anilines is 2. The number of carbonyl (C=O) groups is 5. The number of fused-ring (bicyclic) bond motifs is 5. The molecular weight excluding hydrogens is 474 g/mol. The molecule has 0 radical (unpaired) electrons. The molecule has 2 N–H and O–H groups in total. The number of amides is 4. The SMILES string of the molecule is CC(=O)Nc1ccc(NC(=O)COC(=O)[C@H](Cc2ccccc2)N2C(=O)[C@@H]3[C@H]4CC[C@@H](C4)[C@@H]3C2=O)cc1. The second-order valence-electron chi connectivity index (χ2n) is 10.1. The normalized spacial score (nSPS) is 24.5. The summed E-state index contributed by atoms with van der Waals surface area (Å²) in [6, 6.07) is 14.5. The number of nitrogens with one attached hydrogen (secondary N) is 2. The average Bonchev–Trinajstić information content (AvgIpc) is 3.56. The number of rotatable bonds is 8. The number of hydrogen-bond acceptors (Lipinski definition) is 6. The third kappa shape index (κ3) is 4.98. The minimum atomic E-state index is -1.13. The molecule has 2 aromatic rings. The van der Waals surface area contributed by atoms with E-state index in [2.05, 4.69) is 10.6 Å². The first kappa shape index (κ1) is 24.7. The fourth-order valence-electron chi connectivity index (χ4n) is 6.13. The number of ether oxygens (including phenoxy) is 1. The van der Waals surface area contributed by atoms with E-state index in [1.807, 2.05) is 30.3 Å². The van der Waals surface area contributed by atoms with Crippen LogP contribution in [0.3, 0.4) is 0 Å². The molecule has 2 aliphatic carbocycles. The van der Waals surface area contributed by atoms with Crippen molar-refractivity contribution in [2.24, 2.45) is 23.7 Å². The number of carbonyl (C=O) groups excluding carboxylic acids is 5. The molecule has 4 amide bonds. The van der Waals surface area contributed by atoms with E-state index in [1.165, 1.54) is 6.92 Å². The van der Waals surface area contributed by atoms with Gasteiger partial charge in [-0.3, -0.25) is 24.1 Å². The minimum absolute atomic E-state index is 0.123. The van der Waals surface area contributed by atoms with Crippen LogP contribution in [-0.4, -0.2) is 47.1 Å². The molecule has 9 nitrogen and oxygen atoms in total. The van der Waals surface area contributed by atoms with Gasteiger partial charge in [0.25, 0.3) is 5.91 Å².